The summed E-state index contributed by atoms with van der Waals surface area (Å²) in [5.74, 6) is 1.62. The number of nitrogens with zero attached hydrogens (tertiary/aromatic N) is 2. The molecule has 3 rings (SSSR count). The van der Waals surface area contributed by atoms with Gasteiger partial charge in [0.2, 0.25) is 0 Å². The van der Waals surface area contributed by atoms with Crippen LogP contribution in [0.3, 0.4) is 0 Å². The number of rotatable bonds is 5. The van der Waals surface area contributed by atoms with Gasteiger partial charge < -0.3 is 19.6 Å². The van der Waals surface area contributed by atoms with Crippen molar-refractivity contribution in [2.24, 2.45) is 0 Å². The number of aromatic amines is 1. The van der Waals surface area contributed by atoms with Gasteiger partial charge in [0.25, 0.3) is 0 Å². The van der Waals surface area contributed by atoms with Gasteiger partial charge in [-0.05, 0) is 12.1 Å². The van der Waals surface area contributed by atoms with Crippen LogP contribution in [0.5, 0.6) is 11.5 Å². The first-order valence-corrected chi connectivity index (χ1v) is 6.91. The van der Waals surface area contributed by atoms with Crippen LogP contribution in [0.1, 0.15) is 17.6 Å². The van der Waals surface area contributed by atoms with Crippen molar-refractivity contribution in [3.8, 4) is 11.5 Å². The number of aromatic nitrogens is 3. The molecule has 0 amide bonds. The Labute approximate surface area is 127 Å². The first-order chi connectivity index (χ1) is 10.7. The van der Waals surface area contributed by atoms with E-state index in [2.05, 4.69) is 15.0 Å². The molecule has 0 aliphatic heterocycles. The molecule has 6 nitrogen and oxygen atoms in total. The van der Waals surface area contributed by atoms with Crippen LogP contribution in [0.4, 0.5) is 0 Å². The molecule has 1 atom stereocenters. The molecule has 0 radical (unpaired) electrons. The summed E-state index contributed by atoms with van der Waals surface area (Å²) < 4.78 is 10.6. The van der Waals surface area contributed by atoms with Crippen LogP contribution in [0, 0.1) is 0 Å². The van der Waals surface area contributed by atoms with Gasteiger partial charge in [0, 0.05) is 18.7 Å². The summed E-state index contributed by atoms with van der Waals surface area (Å²) in [5.41, 5.74) is 2.33. The first kappa shape index (κ1) is 14.3. The molecule has 3 aromatic rings. The summed E-state index contributed by atoms with van der Waals surface area (Å²) in [5, 5.41) is 10.4. The quantitative estimate of drug-likeness (QED) is 0.755. The first-order valence-electron chi connectivity index (χ1n) is 6.91. The highest BCUT2D eigenvalue weighted by Crippen LogP contribution is 2.31. The van der Waals surface area contributed by atoms with Crippen molar-refractivity contribution < 1.29 is 14.6 Å². The number of imidazole rings is 1. The Bertz CT molecular complexity index is 752. The topological polar surface area (TPSA) is 80.3 Å². The smallest absolute Gasteiger partial charge is 0.182 e. The monoisotopic (exact) mass is 299 g/mol. The van der Waals surface area contributed by atoms with Gasteiger partial charge in [0.1, 0.15) is 11.9 Å². The molecule has 0 bridgehead atoms. The van der Waals surface area contributed by atoms with Crippen molar-refractivity contribution >= 4 is 11.0 Å². The number of fused-ring (bicyclic) bond motifs is 1. The zero-order valence-electron chi connectivity index (χ0n) is 12.4. The van der Waals surface area contributed by atoms with E-state index in [9.17, 15) is 5.11 Å². The Morgan fingerprint density at radius 2 is 2.00 bits per heavy atom. The number of pyridine rings is 1. The van der Waals surface area contributed by atoms with Crippen LogP contribution in [0.25, 0.3) is 11.0 Å². The second kappa shape index (κ2) is 6.03. The summed E-state index contributed by atoms with van der Waals surface area (Å²) in [7, 11) is 3.12. The molecule has 0 spiro atoms. The van der Waals surface area contributed by atoms with Gasteiger partial charge in [-0.25, -0.2) is 4.98 Å². The Kier molecular flexibility index (Phi) is 3.93. The van der Waals surface area contributed by atoms with Crippen molar-refractivity contribution in [2.45, 2.75) is 12.5 Å². The van der Waals surface area contributed by atoms with Gasteiger partial charge in [-0.3, -0.25) is 4.98 Å². The van der Waals surface area contributed by atoms with E-state index in [1.54, 1.807) is 26.5 Å². The lowest BCUT2D eigenvalue weighted by atomic mass is 10.1. The molecule has 0 saturated heterocycles. The number of hydrogen-bond acceptors (Lipinski definition) is 5. The van der Waals surface area contributed by atoms with Crippen LogP contribution in [0.2, 0.25) is 0 Å². The molecule has 6 heteroatoms. The fourth-order valence-electron chi connectivity index (χ4n) is 2.41. The highest BCUT2D eigenvalue weighted by molar-refractivity contribution is 5.74. The van der Waals surface area contributed by atoms with Gasteiger partial charge >= 0.3 is 0 Å². The molecule has 1 unspecified atom stereocenters. The molecule has 0 fully saturated rings. The zero-order chi connectivity index (χ0) is 15.5. The Hall–Kier alpha value is -2.60. The van der Waals surface area contributed by atoms with Crippen molar-refractivity contribution in [3.05, 3.63) is 48.0 Å². The number of aliphatic hydroxyl groups excluding tert-OH is 1. The van der Waals surface area contributed by atoms with Crippen molar-refractivity contribution in [2.75, 3.05) is 14.2 Å². The minimum absolute atomic E-state index is 0.278. The Morgan fingerprint density at radius 3 is 2.73 bits per heavy atom. The maximum atomic E-state index is 10.4. The maximum absolute atomic E-state index is 10.4. The van der Waals surface area contributed by atoms with E-state index in [1.807, 2.05) is 24.3 Å². The van der Waals surface area contributed by atoms with E-state index < -0.39 is 6.10 Å². The third-order valence-electron chi connectivity index (χ3n) is 3.48. The van der Waals surface area contributed by atoms with Crippen molar-refractivity contribution in [1.82, 2.24) is 15.0 Å². The molecule has 2 N–H and O–H groups in total. The third-order valence-corrected chi connectivity index (χ3v) is 3.48. The largest absolute Gasteiger partial charge is 0.493 e. The molecular formula is C16H17N3O3. The highest BCUT2D eigenvalue weighted by atomic mass is 16.5. The van der Waals surface area contributed by atoms with E-state index in [1.165, 1.54) is 0 Å². The standard InChI is InChI=1S/C16H17N3O3/c1-21-14-7-8-17-12(15(14)22-2)9-13(20)16-18-10-5-3-4-6-11(10)19-16/h3-8,13,20H,9H2,1-2H3,(H,18,19). The number of benzene rings is 1. The predicted molar refractivity (Wildman–Crippen MR) is 82.1 cm³/mol. The van der Waals surface area contributed by atoms with E-state index >= 15 is 0 Å². The lowest BCUT2D eigenvalue weighted by Gasteiger charge is -2.13. The fraction of sp³-hybridized carbons (Fsp3) is 0.250. The molecule has 2 heterocycles. The highest BCUT2D eigenvalue weighted by Gasteiger charge is 2.18. The summed E-state index contributed by atoms with van der Waals surface area (Å²) in [6.07, 6.45) is 1.10. The molecule has 0 aliphatic carbocycles. The Balaban J connectivity index is 1.89. The van der Waals surface area contributed by atoms with Crippen LogP contribution >= 0.6 is 0 Å². The second-order valence-electron chi connectivity index (χ2n) is 4.85. The summed E-state index contributed by atoms with van der Waals surface area (Å²) >= 11 is 0. The van der Waals surface area contributed by atoms with Crippen LogP contribution in [-0.2, 0) is 6.42 Å². The number of ether oxygens (including phenoxy) is 2. The molecule has 2 aromatic heterocycles. The summed E-state index contributed by atoms with van der Waals surface area (Å²) in [4.78, 5) is 11.8. The fourth-order valence-corrected chi connectivity index (χ4v) is 2.41. The molecule has 0 saturated carbocycles. The molecule has 114 valence electrons. The van der Waals surface area contributed by atoms with E-state index in [0.717, 1.165) is 11.0 Å². The van der Waals surface area contributed by atoms with Gasteiger partial charge in [-0.1, -0.05) is 12.1 Å². The number of para-hydroxylation sites is 2. The number of aliphatic hydroxyl groups is 1. The van der Waals surface area contributed by atoms with E-state index in [4.69, 9.17) is 9.47 Å². The molecule has 0 aliphatic rings. The lowest BCUT2D eigenvalue weighted by molar-refractivity contribution is 0.167. The minimum Gasteiger partial charge on any atom is -0.493 e. The summed E-state index contributed by atoms with van der Waals surface area (Å²) in [6.45, 7) is 0. The van der Waals surface area contributed by atoms with Crippen LogP contribution in [-0.4, -0.2) is 34.3 Å². The number of methoxy groups -OCH3 is 2. The number of nitrogens with one attached hydrogen (secondary N) is 1. The van der Waals surface area contributed by atoms with Gasteiger partial charge in [0.15, 0.2) is 11.5 Å². The van der Waals surface area contributed by atoms with Crippen LogP contribution < -0.4 is 9.47 Å². The van der Waals surface area contributed by atoms with Gasteiger partial charge in [-0.15, -0.1) is 0 Å². The summed E-state index contributed by atoms with van der Waals surface area (Å²) in [6, 6.07) is 9.36. The normalized spacial score (nSPS) is 12.3. The lowest BCUT2D eigenvalue weighted by Crippen LogP contribution is -2.07. The molecular weight excluding hydrogens is 282 g/mol. The van der Waals surface area contributed by atoms with Crippen LogP contribution in [0.15, 0.2) is 36.5 Å². The molecule has 22 heavy (non-hydrogen) atoms. The Morgan fingerprint density at radius 1 is 1.18 bits per heavy atom. The zero-order valence-corrected chi connectivity index (χ0v) is 12.4. The maximum Gasteiger partial charge on any atom is 0.182 e. The van der Waals surface area contributed by atoms with E-state index in [-0.39, 0.29) is 6.42 Å². The van der Waals surface area contributed by atoms with E-state index in [0.29, 0.717) is 23.0 Å². The van der Waals surface area contributed by atoms with Crippen molar-refractivity contribution in [1.29, 1.82) is 0 Å². The third kappa shape index (κ3) is 2.60. The van der Waals surface area contributed by atoms with Crippen molar-refractivity contribution in [3.63, 3.8) is 0 Å². The predicted octanol–water partition coefficient (Wildman–Crippen LogP) is 2.25. The average Bonchev–Trinajstić information content (AvgIpc) is 2.98. The second-order valence-corrected chi connectivity index (χ2v) is 4.85. The van der Waals surface area contributed by atoms with Gasteiger partial charge in [-0.2, -0.15) is 0 Å². The number of hydrogen-bond donors (Lipinski definition) is 2. The number of H-pyrrole nitrogens is 1. The SMILES string of the molecule is COc1ccnc(CC(O)c2nc3ccccc3[nH]2)c1OC. The van der Waals surface area contributed by atoms with Gasteiger partial charge in [0.05, 0.1) is 30.9 Å². The minimum atomic E-state index is -0.805. The average molecular weight is 299 g/mol. The molecule has 1 aromatic carbocycles.